The zero-order valence-electron chi connectivity index (χ0n) is 15.0. The van der Waals surface area contributed by atoms with Gasteiger partial charge in [-0.05, 0) is 43.2 Å². The fraction of sp³-hybridized carbons (Fsp3) is 0.263. The van der Waals surface area contributed by atoms with Gasteiger partial charge in [-0.15, -0.1) is 0 Å². The van der Waals surface area contributed by atoms with E-state index >= 15 is 0 Å². The number of aryl methyl sites for hydroxylation is 2. The van der Waals surface area contributed by atoms with Crippen LogP contribution in [0.2, 0.25) is 10.0 Å². The molecular formula is C19H20Cl2N2O3. The molecule has 0 aliphatic heterocycles. The minimum absolute atomic E-state index is 0.151. The van der Waals surface area contributed by atoms with Crippen molar-refractivity contribution in [3.63, 3.8) is 0 Å². The van der Waals surface area contributed by atoms with Crippen LogP contribution in [0.25, 0.3) is 0 Å². The van der Waals surface area contributed by atoms with E-state index in [-0.39, 0.29) is 18.4 Å². The van der Waals surface area contributed by atoms with Crippen LogP contribution in [0.1, 0.15) is 18.1 Å². The monoisotopic (exact) mass is 394 g/mol. The number of carbonyl (C=O) groups is 2. The van der Waals surface area contributed by atoms with Crippen molar-refractivity contribution in [1.29, 1.82) is 0 Å². The van der Waals surface area contributed by atoms with Crippen molar-refractivity contribution in [3.8, 4) is 5.75 Å². The number of halogens is 2. The molecule has 2 aromatic rings. The first-order valence-electron chi connectivity index (χ1n) is 7.91. The number of hydrogen-bond acceptors (Lipinski definition) is 3. The molecular weight excluding hydrogens is 375 g/mol. The number of nitrogens with one attached hydrogen (secondary N) is 1. The molecule has 2 aromatic carbocycles. The molecule has 0 atom stereocenters. The highest BCUT2D eigenvalue weighted by molar-refractivity contribution is 6.31. The summed E-state index contributed by atoms with van der Waals surface area (Å²) in [5.41, 5.74) is 2.74. The lowest BCUT2D eigenvalue weighted by Gasteiger charge is -2.23. The summed E-state index contributed by atoms with van der Waals surface area (Å²) in [6, 6.07) is 8.56. The molecule has 0 saturated heterocycles. The summed E-state index contributed by atoms with van der Waals surface area (Å²) in [5.74, 6) is -0.174. The zero-order chi connectivity index (χ0) is 19.4. The van der Waals surface area contributed by atoms with Crippen LogP contribution in [0, 0.1) is 13.8 Å². The standard InChI is InChI=1S/C19H20Cl2N2O3/c1-11-5-6-14(20)8-17(11)23(13(3)24)10-19(25)22-16-7-12(2)15(21)9-18(16)26-4/h5-9H,10H2,1-4H3,(H,22,25). The topological polar surface area (TPSA) is 58.6 Å². The molecule has 0 radical (unpaired) electrons. The minimum Gasteiger partial charge on any atom is -0.495 e. The predicted molar refractivity (Wildman–Crippen MR) is 106 cm³/mol. The smallest absolute Gasteiger partial charge is 0.244 e. The summed E-state index contributed by atoms with van der Waals surface area (Å²) >= 11 is 12.1. The van der Waals surface area contributed by atoms with Crippen LogP contribution in [0.4, 0.5) is 11.4 Å². The molecule has 0 aliphatic rings. The van der Waals surface area contributed by atoms with Crippen LogP contribution in [-0.4, -0.2) is 25.5 Å². The quantitative estimate of drug-likeness (QED) is 0.805. The van der Waals surface area contributed by atoms with E-state index in [1.54, 1.807) is 30.3 Å². The molecule has 0 bridgehead atoms. The van der Waals surface area contributed by atoms with Gasteiger partial charge in [0.2, 0.25) is 11.8 Å². The maximum absolute atomic E-state index is 12.5. The molecule has 26 heavy (non-hydrogen) atoms. The van der Waals surface area contributed by atoms with Crippen LogP contribution in [-0.2, 0) is 9.59 Å². The first-order valence-corrected chi connectivity index (χ1v) is 8.66. The number of benzene rings is 2. The first-order chi connectivity index (χ1) is 12.2. The number of rotatable bonds is 5. The van der Waals surface area contributed by atoms with Crippen LogP contribution < -0.4 is 15.0 Å². The summed E-state index contributed by atoms with van der Waals surface area (Å²) in [7, 11) is 1.49. The molecule has 0 unspecified atom stereocenters. The van der Waals surface area contributed by atoms with Crippen LogP contribution >= 0.6 is 23.2 Å². The van der Waals surface area contributed by atoms with E-state index in [1.165, 1.54) is 18.9 Å². The number of amides is 2. The van der Waals surface area contributed by atoms with Crippen molar-refractivity contribution >= 4 is 46.4 Å². The second kappa shape index (κ2) is 8.43. The van der Waals surface area contributed by atoms with E-state index in [4.69, 9.17) is 27.9 Å². The Morgan fingerprint density at radius 3 is 2.42 bits per heavy atom. The Morgan fingerprint density at radius 1 is 1.12 bits per heavy atom. The van der Waals surface area contributed by atoms with Crippen molar-refractivity contribution in [3.05, 3.63) is 51.5 Å². The van der Waals surface area contributed by atoms with Crippen molar-refractivity contribution in [2.24, 2.45) is 0 Å². The average molecular weight is 395 g/mol. The molecule has 2 rings (SSSR count). The van der Waals surface area contributed by atoms with Crippen LogP contribution in [0.5, 0.6) is 5.75 Å². The van der Waals surface area contributed by atoms with Gasteiger partial charge in [0, 0.05) is 28.7 Å². The minimum atomic E-state index is -0.361. The average Bonchev–Trinajstić information content (AvgIpc) is 2.58. The van der Waals surface area contributed by atoms with Gasteiger partial charge in [0.1, 0.15) is 12.3 Å². The summed E-state index contributed by atoms with van der Waals surface area (Å²) in [5, 5.41) is 3.80. The van der Waals surface area contributed by atoms with Gasteiger partial charge in [0.05, 0.1) is 12.8 Å². The Kier molecular flexibility index (Phi) is 6.51. The molecule has 7 heteroatoms. The molecule has 0 aliphatic carbocycles. The predicted octanol–water partition coefficient (Wildman–Crippen LogP) is 4.61. The fourth-order valence-corrected chi connectivity index (χ4v) is 2.82. The van der Waals surface area contributed by atoms with E-state index in [0.717, 1.165) is 11.1 Å². The van der Waals surface area contributed by atoms with Gasteiger partial charge in [-0.1, -0.05) is 29.3 Å². The van der Waals surface area contributed by atoms with E-state index in [1.807, 2.05) is 13.8 Å². The van der Waals surface area contributed by atoms with E-state index < -0.39 is 0 Å². The van der Waals surface area contributed by atoms with Gasteiger partial charge < -0.3 is 15.0 Å². The van der Waals surface area contributed by atoms with Crippen molar-refractivity contribution < 1.29 is 14.3 Å². The van der Waals surface area contributed by atoms with Gasteiger partial charge in [0.25, 0.3) is 0 Å². The SMILES string of the molecule is COc1cc(Cl)c(C)cc1NC(=O)CN(C(C)=O)c1cc(Cl)ccc1C. The highest BCUT2D eigenvalue weighted by atomic mass is 35.5. The molecule has 0 aromatic heterocycles. The lowest BCUT2D eigenvalue weighted by atomic mass is 10.1. The van der Waals surface area contributed by atoms with Gasteiger partial charge >= 0.3 is 0 Å². The number of carbonyl (C=O) groups excluding carboxylic acids is 2. The summed E-state index contributed by atoms with van der Waals surface area (Å²) in [6.07, 6.45) is 0. The second-order valence-electron chi connectivity index (χ2n) is 5.89. The maximum atomic E-state index is 12.5. The van der Waals surface area contributed by atoms with Gasteiger partial charge in [-0.3, -0.25) is 9.59 Å². The normalized spacial score (nSPS) is 10.4. The molecule has 0 fully saturated rings. The largest absolute Gasteiger partial charge is 0.495 e. The Balaban J connectivity index is 2.25. The molecule has 2 amide bonds. The second-order valence-corrected chi connectivity index (χ2v) is 6.73. The number of methoxy groups -OCH3 is 1. The van der Waals surface area contributed by atoms with E-state index in [0.29, 0.717) is 27.2 Å². The summed E-state index contributed by atoms with van der Waals surface area (Å²) in [6.45, 7) is 4.93. The van der Waals surface area contributed by atoms with Gasteiger partial charge in [0.15, 0.2) is 0 Å². The first kappa shape index (κ1) is 20.1. The highest BCUT2D eigenvalue weighted by Crippen LogP contribution is 2.31. The molecule has 0 heterocycles. The Morgan fingerprint density at radius 2 is 1.81 bits per heavy atom. The number of anilines is 2. The lowest BCUT2D eigenvalue weighted by Crippen LogP contribution is -2.37. The van der Waals surface area contributed by atoms with Crippen molar-refractivity contribution in [1.82, 2.24) is 0 Å². The summed E-state index contributed by atoms with van der Waals surface area (Å²) < 4.78 is 5.26. The number of ether oxygens (including phenoxy) is 1. The Hall–Kier alpha value is -2.24. The third-order valence-corrected chi connectivity index (χ3v) is 4.54. The Bertz CT molecular complexity index is 853. The fourth-order valence-electron chi connectivity index (χ4n) is 2.50. The molecule has 5 nitrogen and oxygen atoms in total. The number of hydrogen-bond donors (Lipinski definition) is 1. The van der Waals surface area contributed by atoms with Gasteiger partial charge in [-0.2, -0.15) is 0 Å². The van der Waals surface area contributed by atoms with Crippen molar-refractivity contribution in [2.75, 3.05) is 23.9 Å². The summed E-state index contributed by atoms with van der Waals surface area (Å²) in [4.78, 5) is 26.0. The maximum Gasteiger partial charge on any atom is 0.244 e. The van der Waals surface area contributed by atoms with E-state index in [2.05, 4.69) is 5.32 Å². The molecule has 1 N–H and O–H groups in total. The molecule has 0 spiro atoms. The molecule has 0 saturated carbocycles. The third kappa shape index (κ3) is 4.68. The highest BCUT2D eigenvalue weighted by Gasteiger charge is 2.19. The van der Waals surface area contributed by atoms with Crippen molar-refractivity contribution in [2.45, 2.75) is 20.8 Å². The zero-order valence-corrected chi connectivity index (χ0v) is 16.5. The van der Waals surface area contributed by atoms with Gasteiger partial charge in [-0.25, -0.2) is 0 Å². The lowest BCUT2D eigenvalue weighted by molar-refractivity contribution is -0.120. The Labute approximate surface area is 162 Å². The number of nitrogens with zero attached hydrogens (tertiary/aromatic N) is 1. The van der Waals surface area contributed by atoms with E-state index in [9.17, 15) is 9.59 Å². The molecule has 138 valence electrons. The third-order valence-electron chi connectivity index (χ3n) is 3.90. The van der Waals surface area contributed by atoms with Crippen LogP contribution in [0.15, 0.2) is 30.3 Å². The van der Waals surface area contributed by atoms with Crippen LogP contribution in [0.3, 0.4) is 0 Å².